The minimum Gasteiger partial charge on any atom is -0.470 e. The number of rotatable bonds is 6. The van der Waals surface area contributed by atoms with E-state index in [0.29, 0.717) is 12.5 Å². The molecule has 1 aromatic heterocycles. The summed E-state index contributed by atoms with van der Waals surface area (Å²) in [6.07, 6.45) is 1.89. The molecular formula is C10H16N4O3. The fraction of sp³-hybridized carbons (Fsp3) is 0.600. The monoisotopic (exact) mass is 240 g/mol. The highest BCUT2D eigenvalue weighted by atomic mass is 16.6. The molecule has 0 aromatic carbocycles. The number of hydrogen-bond donors (Lipinski definition) is 1. The van der Waals surface area contributed by atoms with E-state index in [1.807, 2.05) is 6.92 Å². The summed E-state index contributed by atoms with van der Waals surface area (Å²) in [6, 6.07) is 0. The maximum absolute atomic E-state index is 10.8. The van der Waals surface area contributed by atoms with E-state index < -0.39 is 4.92 Å². The van der Waals surface area contributed by atoms with Gasteiger partial charge in [-0.3, -0.25) is 10.1 Å². The molecular weight excluding hydrogens is 224 g/mol. The number of nitro groups is 1. The number of aromatic nitrogens is 2. The third-order valence-electron chi connectivity index (χ3n) is 1.81. The average Bonchev–Trinajstić information content (AvgIpc) is 2.25. The Labute approximate surface area is 99.4 Å². The first-order valence-corrected chi connectivity index (χ1v) is 5.46. The molecule has 17 heavy (non-hydrogen) atoms. The van der Waals surface area contributed by atoms with E-state index in [1.54, 1.807) is 13.8 Å². The number of nitrogens with zero attached hydrogens (tertiary/aromatic N) is 3. The zero-order valence-electron chi connectivity index (χ0n) is 10.1. The molecule has 0 saturated heterocycles. The summed E-state index contributed by atoms with van der Waals surface area (Å²) >= 11 is 0. The number of hydrogen-bond acceptors (Lipinski definition) is 6. The van der Waals surface area contributed by atoms with Crippen molar-refractivity contribution in [3.05, 3.63) is 16.3 Å². The van der Waals surface area contributed by atoms with Crippen molar-refractivity contribution in [1.82, 2.24) is 9.97 Å². The van der Waals surface area contributed by atoms with Crippen LogP contribution in [0.5, 0.6) is 5.88 Å². The second-order valence-corrected chi connectivity index (χ2v) is 3.73. The van der Waals surface area contributed by atoms with Crippen LogP contribution in [0.1, 0.15) is 27.2 Å². The van der Waals surface area contributed by atoms with Crippen molar-refractivity contribution in [3.8, 4) is 5.88 Å². The van der Waals surface area contributed by atoms with Crippen LogP contribution in [-0.2, 0) is 0 Å². The highest BCUT2D eigenvalue weighted by Gasteiger charge is 2.19. The predicted octanol–water partition coefficient (Wildman–Crippen LogP) is 1.99. The van der Waals surface area contributed by atoms with Gasteiger partial charge in [0.15, 0.2) is 0 Å². The second kappa shape index (κ2) is 5.97. The molecule has 94 valence electrons. The molecule has 1 N–H and O–H groups in total. The van der Waals surface area contributed by atoms with E-state index >= 15 is 0 Å². The van der Waals surface area contributed by atoms with E-state index in [4.69, 9.17) is 4.74 Å². The second-order valence-electron chi connectivity index (χ2n) is 3.73. The maximum atomic E-state index is 10.8. The van der Waals surface area contributed by atoms with Gasteiger partial charge in [0.2, 0.25) is 5.95 Å². The Kier molecular flexibility index (Phi) is 4.62. The van der Waals surface area contributed by atoms with Gasteiger partial charge < -0.3 is 10.1 Å². The van der Waals surface area contributed by atoms with Crippen molar-refractivity contribution in [2.24, 2.45) is 0 Å². The molecule has 0 aliphatic rings. The number of ether oxygens (including phenoxy) is 1. The lowest BCUT2D eigenvalue weighted by Crippen LogP contribution is -2.11. The molecule has 0 aliphatic heterocycles. The fourth-order valence-corrected chi connectivity index (χ4v) is 1.12. The van der Waals surface area contributed by atoms with Crippen LogP contribution in [0.25, 0.3) is 0 Å². The molecule has 1 aromatic rings. The van der Waals surface area contributed by atoms with Crippen LogP contribution < -0.4 is 10.1 Å². The largest absolute Gasteiger partial charge is 0.470 e. The van der Waals surface area contributed by atoms with Gasteiger partial charge in [-0.15, -0.1) is 0 Å². The Balaban J connectivity index is 2.97. The van der Waals surface area contributed by atoms with Crippen molar-refractivity contribution in [3.63, 3.8) is 0 Å². The van der Waals surface area contributed by atoms with E-state index in [2.05, 4.69) is 15.3 Å². The number of nitrogens with one attached hydrogen (secondary N) is 1. The van der Waals surface area contributed by atoms with E-state index in [9.17, 15) is 10.1 Å². The van der Waals surface area contributed by atoms with Crippen LogP contribution in [0.15, 0.2) is 6.20 Å². The quantitative estimate of drug-likeness (QED) is 0.604. The van der Waals surface area contributed by atoms with Crippen LogP contribution in [-0.4, -0.2) is 27.5 Å². The fourth-order valence-electron chi connectivity index (χ4n) is 1.12. The zero-order chi connectivity index (χ0) is 12.8. The molecule has 0 atom stereocenters. The van der Waals surface area contributed by atoms with Crippen LogP contribution >= 0.6 is 0 Å². The third-order valence-corrected chi connectivity index (χ3v) is 1.81. The van der Waals surface area contributed by atoms with Gasteiger partial charge in [-0.25, -0.2) is 4.98 Å². The van der Waals surface area contributed by atoms with E-state index in [1.165, 1.54) is 0 Å². The summed E-state index contributed by atoms with van der Waals surface area (Å²) in [7, 11) is 0. The zero-order valence-corrected chi connectivity index (χ0v) is 10.1. The molecule has 0 radical (unpaired) electrons. The molecule has 7 heteroatoms. The molecule has 0 aliphatic carbocycles. The Hall–Kier alpha value is -1.92. The summed E-state index contributed by atoms with van der Waals surface area (Å²) in [5.74, 6) is 0.340. The van der Waals surface area contributed by atoms with Gasteiger partial charge in [-0.2, -0.15) is 4.98 Å². The SMILES string of the molecule is CCCNc1ncc([N+](=O)[O-])c(OC(C)C)n1. The highest BCUT2D eigenvalue weighted by Crippen LogP contribution is 2.25. The van der Waals surface area contributed by atoms with Gasteiger partial charge in [0.1, 0.15) is 6.20 Å². The lowest BCUT2D eigenvalue weighted by Gasteiger charge is -2.10. The van der Waals surface area contributed by atoms with E-state index in [-0.39, 0.29) is 17.7 Å². The predicted molar refractivity (Wildman–Crippen MR) is 63.2 cm³/mol. The molecule has 1 heterocycles. The molecule has 0 fully saturated rings. The summed E-state index contributed by atoms with van der Waals surface area (Å²) in [5.41, 5.74) is -0.222. The minimum atomic E-state index is -0.554. The van der Waals surface area contributed by atoms with Crippen LogP contribution in [0.3, 0.4) is 0 Å². The molecule has 0 amide bonds. The molecule has 0 spiro atoms. The van der Waals surface area contributed by atoms with Crippen molar-refractivity contribution in [2.45, 2.75) is 33.3 Å². The first kappa shape index (κ1) is 13.1. The van der Waals surface area contributed by atoms with Gasteiger partial charge in [-0.1, -0.05) is 6.92 Å². The Morgan fingerprint density at radius 3 is 2.82 bits per heavy atom. The van der Waals surface area contributed by atoms with Gasteiger partial charge in [0.05, 0.1) is 11.0 Å². The summed E-state index contributed by atoms with van der Waals surface area (Å²) < 4.78 is 5.29. The van der Waals surface area contributed by atoms with Crippen LogP contribution in [0, 0.1) is 10.1 Å². The average molecular weight is 240 g/mol. The Morgan fingerprint density at radius 2 is 2.29 bits per heavy atom. The molecule has 1 rings (SSSR count). The van der Waals surface area contributed by atoms with Gasteiger partial charge in [0.25, 0.3) is 5.88 Å². The van der Waals surface area contributed by atoms with Crippen molar-refractivity contribution in [1.29, 1.82) is 0 Å². The standard InChI is InChI=1S/C10H16N4O3/c1-4-5-11-10-12-6-8(14(15)16)9(13-10)17-7(2)3/h6-7H,4-5H2,1-3H3,(H,11,12,13). The topological polar surface area (TPSA) is 90.2 Å². The first-order valence-electron chi connectivity index (χ1n) is 5.46. The lowest BCUT2D eigenvalue weighted by atomic mass is 10.4. The third kappa shape index (κ3) is 3.86. The first-order chi connectivity index (χ1) is 8.04. The lowest BCUT2D eigenvalue weighted by molar-refractivity contribution is -0.386. The molecule has 0 saturated carbocycles. The number of anilines is 1. The minimum absolute atomic E-state index is 0.00129. The normalized spacial score (nSPS) is 10.4. The summed E-state index contributed by atoms with van der Waals surface area (Å²) in [4.78, 5) is 18.0. The molecule has 0 unspecified atom stereocenters. The van der Waals surface area contributed by atoms with Crippen molar-refractivity contribution < 1.29 is 9.66 Å². The van der Waals surface area contributed by atoms with Crippen molar-refractivity contribution in [2.75, 3.05) is 11.9 Å². The van der Waals surface area contributed by atoms with Gasteiger partial charge >= 0.3 is 5.69 Å². The smallest absolute Gasteiger partial charge is 0.349 e. The van der Waals surface area contributed by atoms with Crippen LogP contribution in [0.2, 0.25) is 0 Å². The van der Waals surface area contributed by atoms with Crippen molar-refractivity contribution >= 4 is 11.6 Å². The van der Waals surface area contributed by atoms with E-state index in [0.717, 1.165) is 12.6 Å². The van der Waals surface area contributed by atoms with Crippen LogP contribution in [0.4, 0.5) is 11.6 Å². The Bertz CT molecular complexity index is 395. The van der Waals surface area contributed by atoms with Gasteiger partial charge in [0, 0.05) is 6.54 Å². The Morgan fingerprint density at radius 1 is 1.59 bits per heavy atom. The molecule has 0 bridgehead atoms. The summed E-state index contributed by atoms with van der Waals surface area (Å²) in [5, 5.41) is 13.7. The highest BCUT2D eigenvalue weighted by molar-refractivity contribution is 5.43. The van der Waals surface area contributed by atoms with Gasteiger partial charge in [-0.05, 0) is 20.3 Å². The maximum Gasteiger partial charge on any atom is 0.349 e. The molecule has 7 nitrogen and oxygen atoms in total. The summed E-state index contributed by atoms with van der Waals surface area (Å²) in [6.45, 7) is 6.28.